The summed E-state index contributed by atoms with van der Waals surface area (Å²) < 4.78 is 5.14. The highest BCUT2D eigenvalue weighted by atomic mass is 32.1. The van der Waals surface area contributed by atoms with Crippen molar-refractivity contribution in [1.29, 1.82) is 0 Å². The Morgan fingerprint density at radius 1 is 1.47 bits per heavy atom. The van der Waals surface area contributed by atoms with Crippen LogP contribution in [0.25, 0.3) is 0 Å². The first kappa shape index (κ1) is 14.6. The van der Waals surface area contributed by atoms with Crippen LogP contribution in [-0.2, 0) is 4.74 Å². The zero-order chi connectivity index (χ0) is 12.8. The largest absolute Gasteiger partial charge is 0.396 e. The van der Waals surface area contributed by atoms with Gasteiger partial charge in [-0.1, -0.05) is 0 Å². The number of rotatable bonds is 7. The first-order chi connectivity index (χ1) is 8.08. The standard InChI is InChI=1S/C12H22N2O2S/c1-8(12-9(2)17-10(3)14-12)13-11(5-6-15)7-16-4/h8,11,13,15H,5-7H2,1-4H3. The number of aromatic nitrogens is 1. The molecule has 1 rings (SSSR count). The third kappa shape index (κ3) is 4.35. The van der Waals surface area contributed by atoms with Crippen LogP contribution in [0.5, 0.6) is 0 Å². The number of nitrogens with one attached hydrogen (secondary N) is 1. The molecule has 2 unspecified atom stereocenters. The Morgan fingerprint density at radius 3 is 2.65 bits per heavy atom. The van der Waals surface area contributed by atoms with Crippen LogP contribution < -0.4 is 5.32 Å². The molecule has 4 nitrogen and oxygen atoms in total. The maximum Gasteiger partial charge on any atom is 0.0900 e. The molecule has 0 aliphatic carbocycles. The second-order valence-corrected chi connectivity index (χ2v) is 5.63. The van der Waals surface area contributed by atoms with Gasteiger partial charge in [0.25, 0.3) is 0 Å². The number of nitrogens with zero attached hydrogens (tertiary/aromatic N) is 1. The second kappa shape index (κ2) is 7.06. The minimum Gasteiger partial charge on any atom is -0.396 e. The molecule has 1 heterocycles. The van der Waals surface area contributed by atoms with E-state index in [0.29, 0.717) is 13.0 Å². The number of aliphatic hydroxyl groups is 1. The van der Waals surface area contributed by atoms with Crippen LogP contribution in [0, 0.1) is 13.8 Å². The van der Waals surface area contributed by atoms with Crippen molar-refractivity contribution in [2.75, 3.05) is 20.3 Å². The van der Waals surface area contributed by atoms with E-state index in [0.717, 1.165) is 10.7 Å². The van der Waals surface area contributed by atoms with Gasteiger partial charge in [-0.2, -0.15) is 0 Å². The lowest BCUT2D eigenvalue weighted by atomic mass is 10.1. The van der Waals surface area contributed by atoms with E-state index in [-0.39, 0.29) is 18.7 Å². The second-order valence-electron chi connectivity index (χ2n) is 4.23. The molecule has 1 aromatic heterocycles. The van der Waals surface area contributed by atoms with Crippen LogP contribution in [-0.4, -0.2) is 36.5 Å². The molecular formula is C12H22N2O2S. The zero-order valence-corrected chi connectivity index (χ0v) is 11.8. The quantitative estimate of drug-likeness (QED) is 0.783. The van der Waals surface area contributed by atoms with Crippen molar-refractivity contribution in [2.24, 2.45) is 0 Å². The van der Waals surface area contributed by atoms with Gasteiger partial charge in [0.2, 0.25) is 0 Å². The fourth-order valence-electron chi connectivity index (χ4n) is 1.95. The minimum atomic E-state index is 0.168. The number of hydrogen-bond acceptors (Lipinski definition) is 5. The molecular weight excluding hydrogens is 236 g/mol. The maximum absolute atomic E-state index is 9.00. The van der Waals surface area contributed by atoms with Gasteiger partial charge < -0.3 is 15.2 Å². The summed E-state index contributed by atoms with van der Waals surface area (Å²) in [6.07, 6.45) is 0.695. The summed E-state index contributed by atoms with van der Waals surface area (Å²) >= 11 is 1.72. The fraction of sp³-hybridized carbons (Fsp3) is 0.750. The molecule has 0 bridgehead atoms. The number of aliphatic hydroxyl groups excluding tert-OH is 1. The molecule has 98 valence electrons. The molecule has 0 aliphatic rings. The van der Waals surface area contributed by atoms with Crippen molar-refractivity contribution in [3.05, 3.63) is 15.6 Å². The lowest BCUT2D eigenvalue weighted by Gasteiger charge is -2.21. The third-order valence-corrected chi connectivity index (χ3v) is 3.58. The Labute approximate surface area is 107 Å². The lowest BCUT2D eigenvalue weighted by Crippen LogP contribution is -2.36. The van der Waals surface area contributed by atoms with Gasteiger partial charge in [0.1, 0.15) is 0 Å². The van der Waals surface area contributed by atoms with Crippen LogP contribution in [0.4, 0.5) is 0 Å². The number of hydrogen-bond donors (Lipinski definition) is 2. The number of thiazole rings is 1. The van der Waals surface area contributed by atoms with Crippen molar-refractivity contribution >= 4 is 11.3 Å². The topological polar surface area (TPSA) is 54.4 Å². The van der Waals surface area contributed by atoms with Crippen LogP contribution in [0.1, 0.15) is 35.0 Å². The Kier molecular flexibility index (Phi) is 6.05. The van der Waals surface area contributed by atoms with Gasteiger partial charge in [-0.15, -0.1) is 11.3 Å². The number of aryl methyl sites for hydroxylation is 2. The fourth-order valence-corrected chi connectivity index (χ4v) is 2.87. The summed E-state index contributed by atoms with van der Waals surface area (Å²) in [7, 11) is 1.68. The molecule has 0 aromatic carbocycles. The van der Waals surface area contributed by atoms with Gasteiger partial charge >= 0.3 is 0 Å². The zero-order valence-electron chi connectivity index (χ0n) is 11.0. The van der Waals surface area contributed by atoms with Gasteiger partial charge in [0.15, 0.2) is 0 Å². The predicted molar refractivity (Wildman–Crippen MR) is 70.5 cm³/mol. The molecule has 0 fully saturated rings. The summed E-state index contributed by atoms with van der Waals surface area (Å²) in [5.41, 5.74) is 1.10. The van der Waals surface area contributed by atoms with Crippen molar-refractivity contribution < 1.29 is 9.84 Å². The van der Waals surface area contributed by atoms with E-state index >= 15 is 0 Å². The molecule has 0 saturated heterocycles. The van der Waals surface area contributed by atoms with Crippen LogP contribution in [0.3, 0.4) is 0 Å². The predicted octanol–water partition coefficient (Wildman–Crippen LogP) is 1.81. The van der Waals surface area contributed by atoms with Crippen molar-refractivity contribution in [3.8, 4) is 0 Å². The van der Waals surface area contributed by atoms with E-state index < -0.39 is 0 Å². The van der Waals surface area contributed by atoms with E-state index in [9.17, 15) is 0 Å². The minimum absolute atomic E-state index is 0.168. The summed E-state index contributed by atoms with van der Waals surface area (Å²) in [6.45, 7) is 6.99. The molecule has 0 radical (unpaired) electrons. The molecule has 0 aliphatic heterocycles. The van der Waals surface area contributed by atoms with Crippen LogP contribution in [0.2, 0.25) is 0 Å². The van der Waals surface area contributed by atoms with E-state index in [4.69, 9.17) is 9.84 Å². The molecule has 2 atom stereocenters. The highest BCUT2D eigenvalue weighted by Gasteiger charge is 2.17. The normalized spacial score (nSPS) is 14.9. The van der Waals surface area contributed by atoms with Gasteiger partial charge in [-0.25, -0.2) is 4.98 Å². The highest BCUT2D eigenvalue weighted by molar-refractivity contribution is 7.11. The summed E-state index contributed by atoms with van der Waals surface area (Å²) in [5.74, 6) is 0. The molecule has 5 heteroatoms. The van der Waals surface area contributed by atoms with E-state index in [1.54, 1.807) is 18.4 Å². The summed E-state index contributed by atoms with van der Waals surface area (Å²) in [4.78, 5) is 5.79. The van der Waals surface area contributed by atoms with Gasteiger partial charge in [0.05, 0.1) is 17.3 Å². The Morgan fingerprint density at radius 2 is 2.18 bits per heavy atom. The average molecular weight is 258 g/mol. The molecule has 2 N–H and O–H groups in total. The van der Waals surface area contributed by atoms with E-state index in [1.807, 2.05) is 6.92 Å². The molecule has 0 saturated carbocycles. The first-order valence-electron chi connectivity index (χ1n) is 5.88. The highest BCUT2D eigenvalue weighted by Crippen LogP contribution is 2.22. The molecule has 0 amide bonds. The first-order valence-corrected chi connectivity index (χ1v) is 6.69. The van der Waals surface area contributed by atoms with Crippen molar-refractivity contribution in [3.63, 3.8) is 0 Å². The van der Waals surface area contributed by atoms with E-state index in [1.165, 1.54) is 4.88 Å². The summed E-state index contributed by atoms with van der Waals surface area (Å²) in [6, 6.07) is 0.355. The SMILES string of the molecule is COCC(CCO)NC(C)c1nc(C)sc1C. The molecule has 17 heavy (non-hydrogen) atoms. The van der Waals surface area contributed by atoms with Crippen molar-refractivity contribution in [1.82, 2.24) is 10.3 Å². The number of methoxy groups -OCH3 is 1. The van der Waals surface area contributed by atoms with Crippen molar-refractivity contribution in [2.45, 2.75) is 39.3 Å². The van der Waals surface area contributed by atoms with Gasteiger partial charge in [-0.05, 0) is 27.2 Å². The summed E-state index contributed by atoms with van der Waals surface area (Å²) in [5, 5.41) is 13.5. The lowest BCUT2D eigenvalue weighted by molar-refractivity contribution is 0.143. The third-order valence-electron chi connectivity index (χ3n) is 2.68. The molecule has 0 spiro atoms. The van der Waals surface area contributed by atoms with Crippen LogP contribution in [0.15, 0.2) is 0 Å². The van der Waals surface area contributed by atoms with Gasteiger partial charge in [0, 0.05) is 30.7 Å². The van der Waals surface area contributed by atoms with Crippen LogP contribution >= 0.6 is 11.3 Å². The Balaban J connectivity index is 2.62. The molecule has 1 aromatic rings. The number of ether oxygens (including phenoxy) is 1. The Hall–Kier alpha value is -0.490. The van der Waals surface area contributed by atoms with Gasteiger partial charge in [-0.3, -0.25) is 0 Å². The Bertz CT molecular complexity index is 335. The maximum atomic E-state index is 9.00. The monoisotopic (exact) mass is 258 g/mol. The average Bonchev–Trinajstić information content (AvgIpc) is 2.58. The van der Waals surface area contributed by atoms with E-state index in [2.05, 4.69) is 24.1 Å². The smallest absolute Gasteiger partial charge is 0.0900 e.